The number of hydrogen-bond acceptors (Lipinski definition) is 2. The second-order valence-corrected chi connectivity index (χ2v) is 4.08. The summed E-state index contributed by atoms with van der Waals surface area (Å²) in [4.78, 5) is 0. The lowest BCUT2D eigenvalue weighted by Gasteiger charge is -2.09. The van der Waals surface area contributed by atoms with Crippen molar-refractivity contribution in [1.29, 1.82) is 0 Å². The highest BCUT2D eigenvalue weighted by molar-refractivity contribution is 6.43. The van der Waals surface area contributed by atoms with Crippen molar-refractivity contribution in [2.24, 2.45) is 0 Å². The molecule has 16 heavy (non-hydrogen) atoms. The molecule has 0 radical (unpaired) electrons. The Hall–Kier alpha value is -1.19. The molecule has 0 spiro atoms. The first kappa shape index (κ1) is 11.3. The fraction of sp³-hybridized carbons (Fsp3) is 0.182. The summed E-state index contributed by atoms with van der Waals surface area (Å²) in [6.07, 6.45) is 3.67. The van der Waals surface area contributed by atoms with Gasteiger partial charge in [-0.25, -0.2) is 0 Å². The molecule has 0 unspecified atom stereocenters. The first-order chi connectivity index (χ1) is 7.77. The summed E-state index contributed by atoms with van der Waals surface area (Å²) in [6.45, 7) is 1.54. The van der Waals surface area contributed by atoms with Crippen molar-refractivity contribution < 1.29 is 0 Å². The van der Waals surface area contributed by atoms with Crippen molar-refractivity contribution in [3.05, 3.63) is 46.7 Å². The summed E-state index contributed by atoms with van der Waals surface area (Å²) in [5.74, 6) is 0. The number of anilines is 1. The number of rotatable bonds is 4. The molecule has 2 rings (SSSR count). The highest BCUT2D eigenvalue weighted by Crippen LogP contribution is 2.29. The zero-order valence-corrected chi connectivity index (χ0v) is 10.0. The molecule has 84 valence electrons. The molecule has 1 heterocycles. The van der Waals surface area contributed by atoms with Gasteiger partial charge < -0.3 is 5.32 Å². The monoisotopic (exact) mass is 255 g/mol. The molecule has 1 aromatic heterocycles. The summed E-state index contributed by atoms with van der Waals surface area (Å²) < 4.78 is 1.85. The summed E-state index contributed by atoms with van der Waals surface area (Å²) in [7, 11) is 0. The van der Waals surface area contributed by atoms with Gasteiger partial charge in [-0.05, 0) is 18.2 Å². The van der Waals surface area contributed by atoms with E-state index in [0.717, 1.165) is 18.8 Å². The molecule has 0 aliphatic heterocycles. The minimum absolute atomic E-state index is 0.560. The van der Waals surface area contributed by atoms with Crippen molar-refractivity contribution in [3.63, 3.8) is 0 Å². The molecule has 0 saturated heterocycles. The molecule has 0 bridgehead atoms. The van der Waals surface area contributed by atoms with Crippen LogP contribution < -0.4 is 5.32 Å². The van der Waals surface area contributed by atoms with Crippen LogP contribution in [0.15, 0.2) is 36.7 Å². The fourth-order valence-electron chi connectivity index (χ4n) is 1.38. The minimum atomic E-state index is 0.560. The topological polar surface area (TPSA) is 29.9 Å². The molecular weight excluding hydrogens is 245 g/mol. The molecule has 5 heteroatoms. The quantitative estimate of drug-likeness (QED) is 0.909. The molecule has 2 aromatic rings. The van der Waals surface area contributed by atoms with Crippen LogP contribution in [0.2, 0.25) is 10.0 Å². The predicted molar refractivity (Wildman–Crippen MR) is 67.2 cm³/mol. The van der Waals surface area contributed by atoms with E-state index in [4.69, 9.17) is 23.2 Å². The van der Waals surface area contributed by atoms with E-state index in [1.165, 1.54) is 0 Å². The third-order valence-electron chi connectivity index (χ3n) is 2.17. The smallest absolute Gasteiger partial charge is 0.0823 e. The van der Waals surface area contributed by atoms with Crippen LogP contribution in [0.25, 0.3) is 0 Å². The molecule has 0 saturated carbocycles. The Labute approximate surface area is 104 Å². The van der Waals surface area contributed by atoms with Crippen molar-refractivity contribution in [2.75, 3.05) is 11.9 Å². The van der Waals surface area contributed by atoms with Crippen molar-refractivity contribution in [2.45, 2.75) is 6.54 Å². The Bertz CT molecular complexity index is 454. The zero-order chi connectivity index (χ0) is 11.4. The molecule has 1 aromatic carbocycles. The Morgan fingerprint density at radius 3 is 2.88 bits per heavy atom. The first-order valence-electron chi connectivity index (χ1n) is 4.92. The first-order valence-corrected chi connectivity index (χ1v) is 5.68. The van der Waals surface area contributed by atoms with E-state index in [2.05, 4.69) is 10.4 Å². The highest BCUT2D eigenvalue weighted by Gasteiger charge is 2.02. The number of hydrogen-bond donors (Lipinski definition) is 1. The van der Waals surface area contributed by atoms with E-state index in [1.54, 1.807) is 12.3 Å². The van der Waals surface area contributed by atoms with Crippen LogP contribution >= 0.6 is 23.2 Å². The minimum Gasteiger partial charge on any atom is -0.382 e. The van der Waals surface area contributed by atoms with E-state index in [9.17, 15) is 0 Å². The third kappa shape index (κ3) is 2.68. The van der Waals surface area contributed by atoms with Crippen LogP contribution in [0.4, 0.5) is 5.69 Å². The normalized spacial score (nSPS) is 10.4. The van der Waals surface area contributed by atoms with Crippen molar-refractivity contribution in [1.82, 2.24) is 9.78 Å². The summed E-state index contributed by atoms with van der Waals surface area (Å²) >= 11 is 11.9. The van der Waals surface area contributed by atoms with Gasteiger partial charge in [0.1, 0.15) is 0 Å². The number of nitrogens with one attached hydrogen (secondary N) is 1. The van der Waals surface area contributed by atoms with E-state index < -0.39 is 0 Å². The Morgan fingerprint density at radius 2 is 2.12 bits per heavy atom. The molecule has 0 aliphatic rings. The number of nitrogens with zero attached hydrogens (tertiary/aromatic N) is 2. The lowest BCUT2D eigenvalue weighted by Crippen LogP contribution is -2.10. The largest absolute Gasteiger partial charge is 0.382 e. The standard InChI is InChI=1S/C11H11Cl2N3/c12-9-3-1-4-10(11(9)13)14-6-8-16-7-2-5-15-16/h1-5,7,14H,6,8H2. The average molecular weight is 256 g/mol. The average Bonchev–Trinajstić information content (AvgIpc) is 2.77. The maximum atomic E-state index is 6.04. The molecular formula is C11H11Cl2N3. The van der Waals surface area contributed by atoms with E-state index in [-0.39, 0.29) is 0 Å². The second-order valence-electron chi connectivity index (χ2n) is 3.30. The molecule has 0 amide bonds. The van der Waals surface area contributed by atoms with Gasteiger partial charge in [0.25, 0.3) is 0 Å². The van der Waals surface area contributed by atoms with Gasteiger partial charge in [-0.2, -0.15) is 5.10 Å². The summed E-state index contributed by atoms with van der Waals surface area (Å²) in [6, 6.07) is 7.43. The SMILES string of the molecule is Clc1cccc(NCCn2cccn2)c1Cl. The van der Waals surface area contributed by atoms with Gasteiger partial charge in [0.05, 0.1) is 22.3 Å². The second kappa shape index (κ2) is 5.23. The van der Waals surface area contributed by atoms with Crippen LogP contribution in [0.1, 0.15) is 0 Å². The molecule has 3 nitrogen and oxygen atoms in total. The van der Waals surface area contributed by atoms with Crippen LogP contribution in [0.3, 0.4) is 0 Å². The van der Waals surface area contributed by atoms with Gasteiger partial charge in [-0.15, -0.1) is 0 Å². The van der Waals surface area contributed by atoms with Crippen LogP contribution in [0.5, 0.6) is 0 Å². The maximum absolute atomic E-state index is 6.04. The van der Waals surface area contributed by atoms with Crippen molar-refractivity contribution in [3.8, 4) is 0 Å². The van der Waals surface area contributed by atoms with E-state index >= 15 is 0 Å². The number of halogens is 2. The van der Waals surface area contributed by atoms with Crippen LogP contribution in [0, 0.1) is 0 Å². The van der Waals surface area contributed by atoms with Gasteiger partial charge in [-0.1, -0.05) is 29.3 Å². The van der Waals surface area contributed by atoms with E-state index in [0.29, 0.717) is 10.0 Å². The third-order valence-corrected chi connectivity index (χ3v) is 2.99. The number of aromatic nitrogens is 2. The molecule has 0 fully saturated rings. The summed E-state index contributed by atoms with van der Waals surface area (Å²) in [5.41, 5.74) is 0.848. The number of benzene rings is 1. The highest BCUT2D eigenvalue weighted by atomic mass is 35.5. The van der Waals surface area contributed by atoms with Crippen molar-refractivity contribution >= 4 is 28.9 Å². The Kier molecular flexibility index (Phi) is 3.70. The summed E-state index contributed by atoms with van der Waals surface area (Å²) in [5, 5.41) is 8.44. The Morgan fingerprint density at radius 1 is 1.25 bits per heavy atom. The fourth-order valence-corrected chi connectivity index (χ4v) is 1.75. The Balaban J connectivity index is 1.92. The maximum Gasteiger partial charge on any atom is 0.0823 e. The lowest BCUT2D eigenvalue weighted by molar-refractivity contribution is 0.638. The molecule has 1 N–H and O–H groups in total. The molecule has 0 aliphatic carbocycles. The van der Waals surface area contributed by atoms with Gasteiger partial charge in [0, 0.05) is 18.9 Å². The van der Waals surface area contributed by atoms with Gasteiger partial charge in [-0.3, -0.25) is 4.68 Å². The lowest BCUT2D eigenvalue weighted by atomic mass is 10.3. The van der Waals surface area contributed by atoms with Gasteiger partial charge in [0.15, 0.2) is 0 Å². The van der Waals surface area contributed by atoms with Crippen LogP contribution in [-0.4, -0.2) is 16.3 Å². The predicted octanol–water partition coefficient (Wildman–Crippen LogP) is 3.30. The zero-order valence-electron chi connectivity index (χ0n) is 8.53. The van der Waals surface area contributed by atoms with E-state index in [1.807, 2.05) is 29.1 Å². The van der Waals surface area contributed by atoms with Gasteiger partial charge in [0.2, 0.25) is 0 Å². The molecule has 0 atom stereocenters. The van der Waals surface area contributed by atoms with Crippen LogP contribution in [-0.2, 0) is 6.54 Å². The van der Waals surface area contributed by atoms with Gasteiger partial charge >= 0.3 is 0 Å².